The standard InChI is InChI=1S/C28H28ClF6N3O4/c29-20-5-2-6-22-23(20)37-25(40)21(14-38(22)17-4-1-3-16(13-17)15-7-8-15)36-24(39)18(9-11-27(30,31)32)19(26(41)42)10-12-28(33,34)35/h1-6,13,15,18-19,21H,7-12,14H2,(H,36,39)(H,37,40)(H,41,42)/t18-,19+,21+/m1/s1. The molecule has 3 N–H and O–H groups in total. The van der Waals surface area contributed by atoms with Crippen LogP contribution in [0.2, 0.25) is 5.02 Å². The molecule has 3 atom stereocenters. The minimum atomic E-state index is -4.80. The Balaban J connectivity index is 1.65. The van der Waals surface area contributed by atoms with Gasteiger partial charge in [0.1, 0.15) is 6.04 Å². The molecule has 4 rings (SSSR count). The van der Waals surface area contributed by atoms with E-state index in [0.717, 1.165) is 18.4 Å². The molecule has 1 heterocycles. The van der Waals surface area contributed by atoms with Crippen molar-refractivity contribution < 1.29 is 45.8 Å². The highest BCUT2D eigenvalue weighted by molar-refractivity contribution is 6.34. The van der Waals surface area contributed by atoms with E-state index in [1.165, 1.54) is 6.07 Å². The summed E-state index contributed by atoms with van der Waals surface area (Å²) in [4.78, 5) is 40.2. The van der Waals surface area contributed by atoms with E-state index >= 15 is 0 Å². The van der Waals surface area contributed by atoms with E-state index in [4.69, 9.17) is 11.6 Å². The highest BCUT2D eigenvalue weighted by Crippen LogP contribution is 2.43. The fourth-order valence-corrected chi connectivity index (χ4v) is 5.30. The van der Waals surface area contributed by atoms with Crippen LogP contribution in [0.3, 0.4) is 0 Å². The van der Waals surface area contributed by atoms with Gasteiger partial charge in [0.2, 0.25) is 11.8 Å². The van der Waals surface area contributed by atoms with E-state index in [9.17, 15) is 45.8 Å². The van der Waals surface area contributed by atoms with Crippen molar-refractivity contribution in [3.05, 3.63) is 53.1 Å². The minimum Gasteiger partial charge on any atom is -0.481 e. The minimum absolute atomic E-state index is 0.178. The number of carboxylic acid groups (broad SMARTS) is 1. The molecule has 0 radical (unpaired) electrons. The number of halogens is 7. The summed E-state index contributed by atoms with van der Waals surface area (Å²) < 4.78 is 77.9. The van der Waals surface area contributed by atoms with Crippen molar-refractivity contribution in [3.63, 3.8) is 0 Å². The van der Waals surface area contributed by atoms with Gasteiger partial charge in [-0.05, 0) is 61.4 Å². The number of carbonyl (C=O) groups excluding carboxylic acids is 2. The lowest BCUT2D eigenvalue weighted by Gasteiger charge is -2.29. The van der Waals surface area contributed by atoms with E-state index in [-0.39, 0.29) is 17.3 Å². The molecule has 0 spiro atoms. The largest absolute Gasteiger partial charge is 0.481 e. The van der Waals surface area contributed by atoms with Crippen LogP contribution >= 0.6 is 11.6 Å². The second-order valence-corrected chi connectivity index (χ2v) is 10.9. The van der Waals surface area contributed by atoms with Crippen LogP contribution in [0.25, 0.3) is 0 Å². The molecule has 2 aliphatic rings. The van der Waals surface area contributed by atoms with Crippen molar-refractivity contribution in [1.29, 1.82) is 0 Å². The van der Waals surface area contributed by atoms with Crippen molar-refractivity contribution >= 4 is 46.4 Å². The van der Waals surface area contributed by atoms with Crippen LogP contribution in [0.15, 0.2) is 42.5 Å². The molecule has 7 nitrogen and oxygen atoms in total. The first-order chi connectivity index (χ1) is 19.6. The maximum absolute atomic E-state index is 13.3. The van der Waals surface area contributed by atoms with Crippen molar-refractivity contribution in [3.8, 4) is 0 Å². The number of nitrogens with one attached hydrogen (secondary N) is 2. The number of fused-ring (bicyclic) bond motifs is 1. The molecule has 2 amide bonds. The third kappa shape index (κ3) is 8.08. The Kier molecular flexibility index (Phi) is 9.29. The van der Waals surface area contributed by atoms with Crippen molar-refractivity contribution in [2.24, 2.45) is 11.8 Å². The Morgan fingerprint density at radius 1 is 1.00 bits per heavy atom. The summed E-state index contributed by atoms with van der Waals surface area (Å²) in [5.74, 6) is -7.57. The zero-order chi connectivity index (χ0) is 30.8. The summed E-state index contributed by atoms with van der Waals surface area (Å²) in [7, 11) is 0. The molecule has 2 aromatic carbocycles. The number of alkyl halides is 6. The highest BCUT2D eigenvalue weighted by atomic mass is 35.5. The number of anilines is 3. The average molecular weight is 620 g/mol. The number of carboxylic acids is 1. The predicted octanol–water partition coefficient (Wildman–Crippen LogP) is 6.79. The molecule has 1 aliphatic heterocycles. The zero-order valence-corrected chi connectivity index (χ0v) is 22.8. The number of hydrogen-bond donors (Lipinski definition) is 3. The van der Waals surface area contributed by atoms with Gasteiger partial charge in [-0.1, -0.05) is 29.8 Å². The third-order valence-corrected chi connectivity index (χ3v) is 7.69. The predicted molar refractivity (Wildman–Crippen MR) is 143 cm³/mol. The van der Waals surface area contributed by atoms with E-state index in [1.54, 1.807) is 23.1 Å². The summed E-state index contributed by atoms with van der Waals surface area (Å²) >= 11 is 6.37. The molecule has 1 aliphatic carbocycles. The highest BCUT2D eigenvalue weighted by Gasteiger charge is 2.41. The molecular weight excluding hydrogens is 592 g/mol. The van der Waals surface area contributed by atoms with Crippen LogP contribution in [-0.2, 0) is 14.4 Å². The number of para-hydroxylation sites is 1. The van der Waals surface area contributed by atoms with Crippen molar-refractivity contribution in [2.75, 3.05) is 16.8 Å². The van der Waals surface area contributed by atoms with E-state index in [0.29, 0.717) is 17.3 Å². The summed E-state index contributed by atoms with van der Waals surface area (Å²) in [5, 5.41) is 14.7. The van der Waals surface area contributed by atoms with Crippen molar-refractivity contribution in [1.82, 2.24) is 5.32 Å². The molecular formula is C28H28ClF6N3O4. The maximum atomic E-state index is 13.3. The molecule has 0 saturated heterocycles. The second kappa shape index (κ2) is 12.4. The summed E-state index contributed by atoms with van der Waals surface area (Å²) in [6.45, 7) is -0.217. The maximum Gasteiger partial charge on any atom is 0.389 e. The average Bonchev–Trinajstić information content (AvgIpc) is 3.74. The first-order valence-electron chi connectivity index (χ1n) is 13.3. The fourth-order valence-electron chi connectivity index (χ4n) is 5.08. The van der Waals surface area contributed by atoms with Gasteiger partial charge in [0.05, 0.1) is 34.8 Å². The topological polar surface area (TPSA) is 98.7 Å². The normalized spacial score (nSPS) is 18.9. The lowest BCUT2D eigenvalue weighted by molar-refractivity contribution is -0.159. The van der Waals surface area contributed by atoms with Gasteiger partial charge in [0.15, 0.2) is 0 Å². The molecule has 228 valence electrons. The van der Waals surface area contributed by atoms with Gasteiger partial charge in [-0.2, -0.15) is 26.3 Å². The Bertz CT molecular complexity index is 1330. The van der Waals surface area contributed by atoms with E-state index in [2.05, 4.69) is 10.6 Å². The number of nitrogens with zero attached hydrogens (tertiary/aromatic N) is 1. The van der Waals surface area contributed by atoms with Crippen molar-refractivity contribution in [2.45, 2.75) is 62.8 Å². The van der Waals surface area contributed by atoms with Crippen LogP contribution in [0.4, 0.5) is 43.4 Å². The smallest absolute Gasteiger partial charge is 0.389 e. The number of hydrogen-bond acceptors (Lipinski definition) is 4. The summed E-state index contributed by atoms with van der Waals surface area (Å²) in [5.41, 5.74) is 2.39. The summed E-state index contributed by atoms with van der Waals surface area (Å²) in [6, 6.07) is 10.9. The van der Waals surface area contributed by atoms with Gasteiger partial charge in [0, 0.05) is 18.5 Å². The van der Waals surface area contributed by atoms with Crippen LogP contribution < -0.4 is 15.5 Å². The molecule has 0 bridgehead atoms. The quantitative estimate of drug-likeness (QED) is 0.254. The number of aliphatic carboxylic acids is 1. The number of benzene rings is 2. The monoisotopic (exact) mass is 619 g/mol. The second-order valence-electron chi connectivity index (χ2n) is 10.5. The van der Waals surface area contributed by atoms with Gasteiger partial charge in [-0.3, -0.25) is 14.4 Å². The van der Waals surface area contributed by atoms with Crippen LogP contribution in [0.1, 0.15) is 50.0 Å². The molecule has 1 fully saturated rings. The van der Waals surface area contributed by atoms with Gasteiger partial charge in [-0.25, -0.2) is 0 Å². The molecule has 42 heavy (non-hydrogen) atoms. The van der Waals surface area contributed by atoms with Crippen LogP contribution in [0, 0.1) is 11.8 Å². The van der Waals surface area contributed by atoms with E-state index < -0.39 is 73.7 Å². The first kappa shape index (κ1) is 31.5. The Hall–Kier alpha value is -3.48. The fraction of sp³-hybridized carbons (Fsp3) is 0.464. The Morgan fingerprint density at radius 3 is 2.21 bits per heavy atom. The third-order valence-electron chi connectivity index (χ3n) is 7.38. The molecule has 0 unspecified atom stereocenters. The molecule has 0 aromatic heterocycles. The lowest BCUT2D eigenvalue weighted by Crippen LogP contribution is -2.51. The number of carbonyl (C=O) groups is 3. The van der Waals surface area contributed by atoms with Gasteiger partial charge >= 0.3 is 18.3 Å². The Labute approximate surface area is 242 Å². The van der Waals surface area contributed by atoms with Gasteiger partial charge < -0.3 is 20.6 Å². The zero-order valence-electron chi connectivity index (χ0n) is 22.1. The lowest BCUT2D eigenvalue weighted by atomic mass is 9.84. The van der Waals surface area contributed by atoms with Crippen LogP contribution in [-0.4, -0.2) is 47.8 Å². The number of amides is 2. The SMILES string of the molecule is O=C1Nc2c(Cl)cccc2N(c2cccc(C3CC3)c2)C[C@@H]1NC(=O)[C@H](CCC(F)(F)F)[C@H](CCC(F)(F)F)C(=O)O. The first-order valence-corrected chi connectivity index (χ1v) is 13.6. The summed E-state index contributed by atoms with van der Waals surface area (Å²) in [6.07, 6.45) is -12.9. The molecule has 14 heteroatoms. The Morgan fingerprint density at radius 2 is 1.62 bits per heavy atom. The number of rotatable bonds is 10. The van der Waals surface area contributed by atoms with E-state index in [1.807, 2.05) is 18.2 Å². The van der Waals surface area contributed by atoms with Crippen LogP contribution in [0.5, 0.6) is 0 Å². The molecule has 2 aromatic rings. The van der Waals surface area contributed by atoms with Gasteiger partial charge in [0.25, 0.3) is 0 Å². The molecule has 1 saturated carbocycles. The van der Waals surface area contributed by atoms with Gasteiger partial charge in [-0.15, -0.1) is 0 Å².